The highest BCUT2D eigenvalue weighted by Gasteiger charge is 2.39. The molecular weight excluding hydrogens is 483 g/mol. The number of ketones is 1. The summed E-state index contributed by atoms with van der Waals surface area (Å²) in [4.78, 5) is 44.3. The number of amides is 1. The fourth-order valence-electron chi connectivity index (χ4n) is 3.56. The lowest BCUT2D eigenvalue weighted by Crippen LogP contribution is -2.32. The van der Waals surface area contributed by atoms with E-state index >= 15 is 0 Å². The van der Waals surface area contributed by atoms with Crippen molar-refractivity contribution in [2.45, 2.75) is 18.9 Å². The highest BCUT2D eigenvalue weighted by molar-refractivity contribution is 7.14. The van der Waals surface area contributed by atoms with E-state index in [0.717, 1.165) is 11.3 Å². The van der Waals surface area contributed by atoms with Crippen molar-refractivity contribution in [2.24, 2.45) is 5.92 Å². The number of alkyl halides is 1. The number of aromatic nitrogens is 1. The van der Waals surface area contributed by atoms with Gasteiger partial charge in [0, 0.05) is 46.8 Å². The van der Waals surface area contributed by atoms with E-state index in [9.17, 15) is 14.4 Å². The number of anilines is 1. The summed E-state index contributed by atoms with van der Waals surface area (Å²) in [6.45, 7) is 0.155. The number of carbonyl (C=O) groups excluding carboxylic acids is 3. The summed E-state index contributed by atoms with van der Waals surface area (Å²) in [5.74, 6) is -1.69. The fraction of sp³-hybridized carbons (Fsp3) is 0.250. The van der Waals surface area contributed by atoms with Gasteiger partial charge in [0.05, 0.1) is 11.6 Å². The van der Waals surface area contributed by atoms with Gasteiger partial charge in [0.2, 0.25) is 11.7 Å². The first-order valence-electron chi connectivity index (χ1n) is 10.3. The Kier molecular flexibility index (Phi) is 7.42. The molecular formula is C24H20Cl2N2O4S. The van der Waals surface area contributed by atoms with Crippen molar-refractivity contribution in [3.05, 3.63) is 70.6 Å². The number of benzene rings is 2. The molecule has 170 valence electrons. The molecule has 4 rings (SSSR count). The van der Waals surface area contributed by atoms with Crippen molar-refractivity contribution in [1.29, 1.82) is 0 Å². The van der Waals surface area contributed by atoms with Crippen LogP contribution in [-0.4, -0.2) is 41.2 Å². The van der Waals surface area contributed by atoms with Gasteiger partial charge in [0.15, 0.2) is 11.2 Å². The van der Waals surface area contributed by atoms with E-state index in [1.54, 1.807) is 24.3 Å². The van der Waals surface area contributed by atoms with E-state index in [4.69, 9.17) is 27.9 Å². The molecule has 0 bridgehead atoms. The molecule has 2 atom stereocenters. The molecule has 6 nitrogen and oxygen atoms in total. The van der Waals surface area contributed by atoms with E-state index in [1.165, 1.54) is 16.2 Å². The number of Topliss-reactive ketones (excluding diaryl/α,β-unsaturated/α-hetero) is 1. The quantitative estimate of drug-likeness (QED) is 0.239. The number of hydrogen-bond acceptors (Lipinski definition) is 6. The number of esters is 1. The summed E-state index contributed by atoms with van der Waals surface area (Å²) in [5.41, 5.74) is 2.10. The Morgan fingerprint density at radius 3 is 2.58 bits per heavy atom. The zero-order valence-electron chi connectivity index (χ0n) is 17.4. The minimum atomic E-state index is -1.02. The van der Waals surface area contributed by atoms with Gasteiger partial charge in [-0.15, -0.1) is 22.9 Å². The van der Waals surface area contributed by atoms with Crippen LogP contribution in [0.3, 0.4) is 0 Å². The number of nitrogens with zero attached hydrogens (tertiary/aromatic N) is 2. The standard InChI is InChI=1S/C24H20Cl2N2O4S/c25-11-10-20(22(30)16-6-8-18(26)9-7-16)32-23(31)17-12-21(29)28(13-17)24-27-19(14-33-24)15-4-2-1-3-5-15/h1-9,14,17,20H,10-13H2/t17-,20-/m0/s1. The molecule has 2 heterocycles. The highest BCUT2D eigenvalue weighted by Crippen LogP contribution is 2.32. The minimum Gasteiger partial charge on any atom is -0.454 e. The molecule has 1 saturated heterocycles. The van der Waals surface area contributed by atoms with Crippen molar-refractivity contribution >= 4 is 57.3 Å². The van der Waals surface area contributed by atoms with Crippen LogP contribution in [0.25, 0.3) is 11.3 Å². The Balaban J connectivity index is 1.43. The van der Waals surface area contributed by atoms with Crippen LogP contribution < -0.4 is 4.90 Å². The van der Waals surface area contributed by atoms with Gasteiger partial charge >= 0.3 is 5.97 Å². The first kappa shape index (κ1) is 23.4. The van der Waals surface area contributed by atoms with Crippen LogP contribution in [0.15, 0.2) is 60.0 Å². The zero-order chi connectivity index (χ0) is 23.4. The van der Waals surface area contributed by atoms with Crippen LogP contribution in [0.2, 0.25) is 5.02 Å². The molecule has 0 spiro atoms. The number of hydrogen-bond donors (Lipinski definition) is 0. The molecule has 2 aromatic carbocycles. The van der Waals surface area contributed by atoms with Gasteiger partial charge in [0.1, 0.15) is 0 Å². The lowest BCUT2D eigenvalue weighted by atomic mass is 10.0. The van der Waals surface area contributed by atoms with Crippen molar-refractivity contribution in [3.63, 3.8) is 0 Å². The topological polar surface area (TPSA) is 76.6 Å². The largest absolute Gasteiger partial charge is 0.454 e. The summed E-state index contributed by atoms with van der Waals surface area (Å²) in [6, 6.07) is 16.0. The molecule has 1 amide bonds. The molecule has 1 aromatic heterocycles. The molecule has 9 heteroatoms. The summed E-state index contributed by atoms with van der Waals surface area (Å²) in [5, 5.41) is 2.91. The maximum atomic E-state index is 12.8. The highest BCUT2D eigenvalue weighted by atomic mass is 35.5. The van der Waals surface area contributed by atoms with Crippen LogP contribution >= 0.6 is 34.5 Å². The maximum Gasteiger partial charge on any atom is 0.312 e. The number of thiazole rings is 1. The third kappa shape index (κ3) is 5.43. The summed E-state index contributed by atoms with van der Waals surface area (Å²) >= 11 is 13.1. The Hall–Kier alpha value is -2.74. The third-order valence-corrected chi connectivity index (χ3v) is 6.64. The Morgan fingerprint density at radius 2 is 1.88 bits per heavy atom. The van der Waals surface area contributed by atoms with Crippen LogP contribution in [-0.2, 0) is 14.3 Å². The van der Waals surface area contributed by atoms with E-state index in [-0.39, 0.29) is 37.0 Å². The Bertz CT molecular complexity index is 1150. The molecule has 0 aliphatic carbocycles. The number of carbonyl (C=O) groups is 3. The predicted molar refractivity (Wildman–Crippen MR) is 129 cm³/mol. The maximum absolute atomic E-state index is 12.8. The molecule has 33 heavy (non-hydrogen) atoms. The number of rotatable bonds is 8. The van der Waals surface area contributed by atoms with E-state index in [2.05, 4.69) is 4.98 Å². The summed E-state index contributed by atoms with van der Waals surface area (Å²) in [6.07, 6.45) is -0.849. The van der Waals surface area contributed by atoms with Crippen molar-refractivity contribution in [2.75, 3.05) is 17.3 Å². The molecule has 0 N–H and O–H groups in total. The van der Waals surface area contributed by atoms with Crippen LogP contribution in [0, 0.1) is 5.92 Å². The van der Waals surface area contributed by atoms with E-state index in [0.29, 0.717) is 15.7 Å². The van der Waals surface area contributed by atoms with Gasteiger partial charge in [0.25, 0.3) is 0 Å². The van der Waals surface area contributed by atoms with Gasteiger partial charge in [-0.1, -0.05) is 41.9 Å². The SMILES string of the molecule is O=C(O[C@@H](CCCl)C(=O)c1ccc(Cl)cc1)[C@H]1CC(=O)N(c2nc(-c3ccccc3)cs2)C1. The molecule has 3 aromatic rings. The molecule has 1 aliphatic rings. The normalized spacial score (nSPS) is 16.6. The van der Waals surface area contributed by atoms with Gasteiger partial charge < -0.3 is 4.74 Å². The van der Waals surface area contributed by atoms with Crippen LogP contribution in [0.5, 0.6) is 0 Å². The first-order valence-corrected chi connectivity index (χ1v) is 12.1. The second kappa shape index (κ2) is 10.5. The van der Waals surface area contributed by atoms with Crippen molar-refractivity contribution in [1.82, 2.24) is 4.98 Å². The summed E-state index contributed by atoms with van der Waals surface area (Å²) in [7, 11) is 0. The van der Waals surface area contributed by atoms with E-state index < -0.39 is 18.0 Å². The molecule has 1 fully saturated rings. The van der Waals surface area contributed by atoms with Crippen molar-refractivity contribution < 1.29 is 19.1 Å². The Labute approximate surface area is 205 Å². The molecule has 0 unspecified atom stereocenters. The van der Waals surface area contributed by atoms with Gasteiger partial charge in [-0.25, -0.2) is 4.98 Å². The number of halogens is 2. The van der Waals surface area contributed by atoms with Gasteiger partial charge in [-0.3, -0.25) is 19.3 Å². The lowest BCUT2D eigenvalue weighted by Gasteiger charge is -2.18. The lowest BCUT2D eigenvalue weighted by molar-refractivity contribution is -0.151. The molecule has 0 radical (unpaired) electrons. The average molecular weight is 503 g/mol. The number of ether oxygens (including phenoxy) is 1. The predicted octanol–water partition coefficient (Wildman–Crippen LogP) is 5.24. The monoisotopic (exact) mass is 502 g/mol. The smallest absolute Gasteiger partial charge is 0.312 e. The van der Waals surface area contributed by atoms with Crippen molar-refractivity contribution in [3.8, 4) is 11.3 Å². The Morgan fingerprint density at radius 1 is 1.15 bits per heavy atom. The van der Waals surface area contributed by atoms with Crippen LogP contribution in [0.4, 0.5) is 5.13 Å². The zero-order valence-corrected chi connectivity index (χ0v) is 19.8. The molecule has 1 aliphatic heterocycles. The second-order valence-corrected chi connectivity index (χ2v) is 9.21. The minimum absolute atomic E-state index is 0.00180. The third-order valence-electron chi connectivity index (χ3n) is 5.30. The van der Waals surface area contributed by atoms with Gasteiger partial charge in [-0.2, -0.15) is 0 Å². The average Bonchev–Trinajstić information content (AvgIpc) is 3.46. The first-order chi connectivity index (χ1) is 16.0. The second-order valence-electron chi connectivity index (χ2n) is 7.56. The van der Waals surface area contributed by atoms with Gasteiger partial charge in [-0.05, 0) is 24.3 Å². The fourth-order valence-corrected chi connectivity index (χ4v) is 4.74. The van der Waals surface area contributed by atoms with E-state index in [1.807, 2.05) is 35.7 Å². The molecule has 0 saturated carbocycles. The van der Waals surface area contributed by atoms with Crippen LogP contribution in [0.1, 0.15) is 23.2 Å². The summed E-state index contributed by atoms with van der Waals surface area (Å²) < 4.78 is 5.53.